The lowest BCUT2D eigenvalue weighted by Gasteiger charge is -2.17. The van der Waals surface area contributed by atoms with Gasteiger partial charge in [-0.1, -0.05) is 17.7 Å². The maximum absolute atomic E-state index is 8.96. The van der Waals surface area contributed by atoms with Gasteiger partial charge in [-0.15, -0.1) is 0 Å². The van der Waals surface area contributed by atoms with Crippen LogP contribution in [0.5, 0.6) is 11.5 Å². The highest BCUT2D eigenvalue weighted by Gasteiger charge is 2.12. The van der Waals surface area contributed by atoms with E-state index >= 15 is 0 Å². The number of hydrogen-bond donors (Lipinski definition) is 2. The Morgan fingerprint density at radius 1 is 1.26 bits per heavy atom. The summed E-state index contributed by atoms with van der Waals surface area (Å²) in [6.07, 6.45) is 5.34. The summed E-state index contributed by atoms with van der Waals surface area (Å²) in [5.74, 6) is 1.07. The fourth-order valence-corrected chi connectivity index (χ4v) is 2.59. The van der Waals surface area contributed by atoms with Crippen molar-refractivity contribution in [3.8, 4) is 17.6 Å². The van der Waals surface area contributed by atoms with Crippen LogP contribution >= 0.6 is 23.8 Å². The van der Waals surface area contributed by atoms with Crippen molar-refractivity contribution in [2.75, 3.05) is 19.5 Å². The van der Waals surface area contributed by atoms with Gasteiger partial charge in [-0.3, -0.25) is 0 Å². The number of nitriles is 1. The average molecular weight is 350 g/mol. The fraction of sp³-hybridized carbons (Fsp3) is 0.250. The Morgan fingerprint density at radius 3 is 2.65 bits per heavy atom. The first kappa shape index (κ1) is 17.1. The van der Waals surface area contributed by atoms with E-state index in [0.717, 1.165) is 24.1 Å². The van der Waals surface area contributed by atoms with Gasteiger partial charge < -0.3 is 20.1 Å². The van der Waals surface area contributed by atoms with Crippen molar-refractivity contribution in [1.29, 1.82) is 5.26 Å². The second kappa shape index (κ2) is 7.86. The fourth-order valence-electron chi connectivity index (χ4n) is 2.12. The topological polar surface area (TPSA) is 66.3 Å². The monoisotopic (exact) mass is 349 g/mol. The molecule has 23 heavy (non-hydrogen) atoms. The molecule has 0 aliphatic heterocycles. The first-order valence-corrected chi connectivity index (χ1v) is 7.66. The zero-order valence-corrected chi connectivity index (χ0v) is 14.3. The minimum absolute atomic E-state index is 0.381. The van der Waals surface area contributed by atoms with Crippen LogP contribution in [0.15, 0.2) is 35.6 Å². The Balaban J connectivity index is 2.12. The van der Waals surface area contributed by atoms with Crippen LogP contribution in [-0.2, 0) is 0 Å². The second-order valence-electron chi connectivity index (χ2n) is 4.75. The first-order valence-electron chi connectivity index (χ1n) is 6.87. The first-order chi connectivity index (χ1) is 11.1. The van der Waals surface area contributed by atoms with Crippen molar-refractivity contribution in [3.63, 3.8) is 0 Å². The highest BCUT2D eigenvalue weighted by molar-refractivity contribution is 7.80. The molecule has 0 atom stereocenters. The van der Waals surface area contributed by atoms with E-state index in [1.54, 1.807) is 25.3 Å². The van der Waals surface area contributed by atoms with E-state index in [9.17, 15) is 0 Å². The number of allylic oxidation sites excluding steroid dienone is 3. The van der Waals surface area contributed by atoms with E-state index in [2.05, 4.69) is 16.7 Å². The quantitative estimate of drug-likeness (QED) is 0.806. The lowest BCUT2D eigenvalue weighted by molar-refractivity contribution is 0.396. The molecule has 2 N–H and O–H groups in total. The molecule has 120 valence electrons. The van der Waals surface area contributed by atoms with E-state index in [0.29, 0.717) is 27.3 Å². The third-order valence-electron chi connectivity index (χ3n) is 3.23. The number of benzene rings is 1. The molecule has 0 saturated carbocycles. The zero-order chi connectivity index (χ0) is 16.8. The Hall–Kier alpha value is -2.23. The molecule has 0 aromatic heterocycles. The van der Waals surface area contributed by atoms with Crippen molar-refractivity contribution in [2.24, 2.45) is 0 Å². The van der Waals surface area contributed by atoms with Gasteiger partial charge in [0, 0.05) is 17.3 Å². The van der Waals surface area contributed by atoms with Crippen LogP contribution in [0, 0.1) is 11.3 Å². The Labute approximate surface area is 145 Å². The number of ether oxygens (including phenoxy) is 2. The predicted molar refractivity (Wildman–Crippen MR) is 94.9 cm³/mol. The summed E-state index contributed by atoms with van der Waals surface area (Å²) in [5.41, 5.74) is 2.14. The van der Waals surface area contributed by atoms with Gasteiger partial charge in [-0.05, 0) is 37.2 Å². The van der Waals surface area contributed by atoms with Crippen LogP contribution in [0.3, 0.4) is 0 Å². The maximum Gasteiger partial charge on any atom is 0.175 e. The van der Waals surface area contributed by atoms with Crippen LogP contribution in [-0.4, -0.2) is 19.3 Å². The maximum atomic E-state index is 8.96. The molecule has 0 spiro atoms. The number of thiocarbonyl (C=S) groups is 1. The van der Waals surface area contributed by atoms with Gasteiger partial charge in [0.1, 0.15) is 11.5 Å². The van der Waals surface area contributed by atoms with Crippen molar-refractivity contribution in [3.05, 3.63) is 40.6 Å². The smallest absolute Gasteiger partial charge is 0.175 e. The van der Waals surface area contributed by atoms with E-state index in [1.807, 2.05) is 6.08 Å². The van der Waals surface area contributed by atoms with Gasteiger partial charge in [0.25, 0.3) is 0 Å². The Bertz CT molecular complexity index is 723. The number of rotatable bonds is 4. The molecule has 5 nitrogen and oxygen atoms in total. The standard InChI is InChI=1S/C16H16ClN3O2S/c1-21-14-8-15(22-2)13(7-12(14)17)20-16(23)19-11-5-3-4-10(6-11)9-18/h5-8H,3-4H2,1-2H3,(H2,19,20,23). The van der Waals surface area contributed by atoms with Crippen LogP contribution in [0.4, 0.5) is 5.69 Å². The van der Waals surface area contributed by atoms with E-state index < -0.39 is 0 Å². The minimum Gasteiger partial charge on any atom is -0.495 e. The summed E-state index contributed by atoms with van der Waals surface area (Å²) in [6, 6.07) is 5.52. The van der Waals surface area contributed by atoms with Gasteiger partial charge in [0.05, 0.1) is 31.0 Å². The van der Waals surface area contributed by atoms with Gasteiger partial charge in [0.15, 0.2) is 5.11 Å². The molecular formula is C16H16ClN3O2S. The van der Waals surface area contributed by atoms with Gasteiger partial charge in [-0.2, -0.15) is 5.26 Å². The summed E-state index contributed by atoms with van der Waals surface area (Å²) in [4.78, 5) is 0. The molecule has 0 saturated heterocycles. The second-order valence-corrected chi connectivity index (χ2v) is 5.56. The van der Waals surface area contributed by atoms with Crippen LogP contribution < -0.4 is 20.1 Å². The van der Waals surface area contributed by atoms with Gasteiger partial charge >= 0.3 is 0 Å². The summed E-state index contributed by atoms with van der Waals surface area (Å²) >= 11 is 11.4. The zero-order valence-electron chi connectivity index (χ0n) is 12.8. The van der Waals surface area contributed by atoms with Crippen molar-refractivity contribution in [2.45, 2.75) is 12.8 Å². The number of halogens is 1. The van der Waals surface area contributed by atoms with Crippen LogP contribution in [0.1, 0.15) is 12.8 Å². The van der Waals surface area contributed by atoms with E-state index in [-0.39, 0.29) is 0 Å². The molecule has 0 heterocycles. The summed E-state index contributed by atoms with van der Waals surface area (Å²) in [7, 11) is 3.09. The van der Waals surface area contributed by atoms with E-state index in [4.69, 9.17) is 38.6 Å². The number of nitrogens with zero attached hydrogens (tertiary/aromatic N) is 1. The summed E-state index contributed by atoms with van der Waals surface area (Å²) in [6.45, 7) is 0. The molecule has 1 aromatic carbocycles. The molecule has 1 aliphatic rings. The molecule has 1 aromatic rings. The van der Waals surface area contributed by atoms with Crippen LogP contribution in [0.2, 0.25) is 5.02 Å². The summed E-state index contributed by atoms with van der Waals surface area (Å²) < 4.78 is 10.5. The largest absolute Gasteiger partial charge is 0.495 e. The third-order valence-corrected chi connectivity index (χ3v) is 3.73. The molecule has 7 heteroatoms. The van der Waals surface area contributed by atoms with E-state index in [1.165, 1.54) is 7.11 Å². The molecule has 0 radical (unpaired) electrons. The Kier molecular flexibility index (Phi) is 5.85. The molecule has 0 fully saturated rings. The molecule has 0 unspecified atom stereocenters. The van der Waals surface area contributed by atoms with Crippen LogP contribution in [0.25, 0.3) is 0 Å². The highest BCUT2D eigenvalue weighted by Crippen LogP contribution is 2.35. The Morgan fingerprint density at radius 2 is 2.00 bits per heavy atom. The lowest BCUT2D eigenvalue weighted by atomic mass is 10.0. The van der Waals surface area contributed by atoms with Gasteiger partial charge in [0.2, 0.25) is 0 Å². The minimum atomic E-state index is 0.381. The highest BCUT2D eigenvalue weighted by atomic mass is 35.5. The number of hydrogen-bond acceptors (Lipinski definition) is 4. The van der Waals surface area contributed by atoms with Crippen molar-refractivity contribution in [1.82, 2.24) is 5.32 Å². The lowest BCUT2D eigenvalue weighted by Crippen LogP contribution is -2.28. The number of methoxy groups -OCH3 is 2. The number of anilines is 1. The normalized spacial score (nSPS) is 13.3. The predicted octanol–water partition coefficient (Wildman–Crippen LogP) is 3.77. The molecule has 2 rings (SSSR count). The van der Waals surface area contributed by atoms with Crippen molar-refractivity contribution >= 4 is 34.6 Å². The number of nitrogens with one attached hydrogen (secondary N) is 2. The molecular weight excluding hydrogens is 334 g/mol. The van der Waals surface area contributed by atoms with Crippen molar-refractivity contribution < 1.29 is 9.47 Å². The molecule has 0 amide bonds. The molecule has 0 bridgehead atoms. The SMILES string of the molecule is COc1cc(OC)c(NC(=S)NC2=CCCC(C#N)=C2)cc1Cl. The average Bonchev–Trinajstić information content (AvgIpc) is 2.55. The third kappa shape index (κ3) is 4.38. The summed E-state index contributed by atoms with van der Waals surface area (Å²) in [5, 5.41) is 15.9. The van der Waals surface area contributed by atoms with Gasteiger partial charge in [-0.25, -0.2) is 0 Å². The molecule has 1 aliphatic carbocycles.